The summed E-state index contributed by atoms with van der Waals surface area (Å²) in [5.41, 5.74) is 0. The van der Waals surface area contributed by atoms with Gasteiger partial charge >= 0.3 is 0 Å². The molecule has 4 heteroatoms. The lowest BCUT2D eigenvalue weighted by Crippen LogP contribution is -2.21. The van der Waals surface area contributed by atoms with Gasteiger partial charge in [-0.25, -0.2) is 4.98 Å². The Morgan fingerprint density at radius 1 is 1.44 bits per heavy atom. The molecule has 0 amide bonds. The van der Waals surface area contributed by atoms with Gasteiger partial charge in [-0.2, -0.15) is 4.98 Å². The number of aromatic nitrogens is 2. The highest BCUT2D eigenvalue weighted by molar-refractivity contribution is 5.43. The number of nitrogens with one attached hydrogen (secondary N) is 1. The number of anilines is 2. The minimum absolute atomic E-state index is 0.425. The average molecular weight is 220 g/mol. The van der Waals surface area contributed by atoms with E-state index in [1.165, 1.54) is 12.8 Å². The highest BCUT2D eigenvalue weighted by atomic mass is 15.2. The Balaban J connectivity index is 2.06. The molecule has 2 rings (SSSR count). The largest absolute Gasteiger partial charge is 0.356 e. The highest BCUT2D eigenvalue weighted by Crippen LogP contribution is 2.18. The lowest BCUT2D eigenvalue weighted by atomic mass is 10.3. The third-order valence-electron chi connectivity index (χ3n) is 3.06. The van der Waals surface area contributed by atoms with Crippen LogP contribution in [0.15, 0.2) is 12.3 Å². The summed E-state index contributed by atoms with van der Waals surface area (Å²) in [5.74, 6) is 1.80. The van der Waals surface area contributed by atoms with Crippen LogP contribution in [0, 0.1) is 0 Å². The second-order valence-electron chi connectivity index (χ2n) is 4.39. The van der Waals surface area contributed by atoms with Crippen molar-refractivity contribution in [2.75, 3.05) is 23.3 Å². The Kier molecular flexibility index (Phi) is 3.59. The van der Waals surface area contributed by atoms with E-state index in [2.05, 4.69) is 34.0 Å². The van der Waals surface area contributed by atoms with Gasteiger partial charge in [0.05, 0.1) is 0 Å². The van der Waals surface area contributed by atoms with Gasteiger partial charge in [0, 0.05) is 25.3 Å². The van der Waals surface area contributed by atoms with E-state index in [9.17, 15) is 0 Å². The minimum Gasteiger partial charge on any atom is -0.356 e. The van der Waals surface area contributed by atoms with E-state index in [0.717, 1.165) is 31.3 Å². The monoisotopic (exact) mass is 220 g/mol. The quantitative estimate of drug-likeness (QED) is 0.845. The SMILES string of the molecule is CCC(C)Nc1nccc(N2CCCC2)n1. The fraction of sp³-hybridized carbons (Fsp3) is 0.667. The van der Waals surface area contributed by atoms with Crippen molar-refractivity contribution in [2.24, 2.45) is 0 Å². The summed E-state index contributed by atoms with van der Waals surface area (Å²) in [4.78, 5) is 11.1. The van der Waals surface area contributed by atoms with Crippen LogP contribution in [0.5, 0.6) is 0 Å². The summed E-state index contributed by atoms with van der Waals surface area (Å²) < 4.78 is 0. The molecule has 1 aromatic rings. The topological polar surface area (TPSA) is 41.1 Å². The van der Waals surface area contributed by atoms with Gasteiger partial charge in [0.2, 0.25) is 5.95 Å². The van der Waals surface area contributed by atoms with Crippen LogP contribution in [0.2, 0.25) is 0 Å². The molecule has 1 N–H and O–H groups in total. The van der Waals surface area contributed by atoms with Gasteiger partial charge in [-0.3, -0.25) is 0 Å². The molecule has 1 aliphatic rings. The predicted molar refractivity (Wildman–Crippen MR) is 66.9 cm³/mol. The zero-order valence-electron chi connectivity index (χ0n) is 10.1. The molecule has 88 valence electrons. The van der Waals surface area contributed by atoms with Crippen LogP contribution >= 0.6 is 0 Å². The summed E-state index contributed by atoms with van der Waals surface area (Å²) in [5, 5.41) is 3.31. The van der Waals surface area contributed by atoms with Gasteiger partial charge in [0.15, 0.2) is 0 Å². The molecule has 1 aromatic heterocycles. The standard InChI is InChI=1S/C12H20N4/c1-3-10(2)14-12-13-7-6-11(15-12)16-8-4-5-9-16/h6-7,10H,3-5,8-9H2,1-2H3,(H,13,14,15). The third kappa shape index (κ3) is 2.62. The number of hydrogen-bond acceptors (Lipinski definition) is 4. The summed E-state index contributed by atoms with van der Waals surface area (Å²) in [6.07, 6.45) is 5.47. The van der Waals surface area contributed by atoms with Gasteiger partial charge in [-0.1, -0.05) is 6.92 Å². The molecule has 0 bridgehead atoms. The van der Waals surface area contributed by atoms with Crippen molar-refractivity contribution in [3.05, 3.63) is 12.3 Å². The van der Waals surface area contributed by atoms with E-state index < -0.39 is 0 Å². The lowest BCUT2D eigenvalue weighted by Gasteiger charge is -2.17. The molecule has 1 atom stereocenters. The van der Waals surface area contributed by atoms with Crippen molar-refractivity contribution in [2.45, 2.75) is 39.2 Å². The van der Waals surface area contributed by atoms with Crippen LogP contribution in [-0.4, -0.2) is 29.1 Å². The fourth-order valence-electron chi connectivity index (χ4n) is 1.86. The van der Waals surface area contributed by atoms with Gasteiger partial charge < -0.3 is 10.2 Å². The maximum absolute atomic E-state index is 4.55. The molecule has 4 nitrogen and oxygen atoms in total. The Labute approximate surface area is 97.1 Å². The second-order valence-corrected chi connectivity index (χ2v) is 4.39. The average Bonchev–Trinajstić information content (AvgIpc) is 2.83. The molecule has 0 radical (unpaired) electrons. The number of hydrogen-bond donors (Lipinski definition) is 1. The van der Waals surface area contributed by atoms with Crippen LogP contribution in [0.25, 0.3) is 0 Å². The van der Waals surface area contributed by atoms with Crippen molar-refractivity contribution < 1.29 is 0 Å². The first-order chi connectivity index (χ1) is 7.79. The molecule has 1 saturated heterocycles. The second kappa shape index (κ2) is 5.14. The Bertz CT molecular complexity index is 334. The third-order valence-corrected chi connectivity index (χ3v) is 3.06. The van der Waals surface area contributed by atoms with Crippen LogP contribution in [0.4, 0.5) is 11.8 Å². The Morgan fingerprint density at radius 3 is 2.88 bits per heavy atom. The van der Waals surface area contributed by atoms with Gasteiger partial charge in [-0.15, -0.1) is 0 Å². The van der Waals surface area contributed by atoms with Crippen LogP contribution < -0.4 is 10.2 Å². The van der Waals surface area contributed by atoms with E-state index in [1.807, 2.05) is 12.3 Å². The summed E-state index contributed by atoms with van der Waals surface area (Å²) >= 11 is 0. The lowest BCUT2D eigenvalue weighted by molar-refractivity contribution is 0.751. The summed E-state index contributed by atoms with van der Waals surface area (Å²) in [6.45, 7) is 6.55. The van der Waals surface area contributed by atoms with Crippen molar-refractivity contribution >= 4 is 11.8 Å². The molecule has 0 aliphatic carbocycles. The maximum Gasteiger partial charge on any atom is 0.224 e. The van der Waals surface area contributed by atoms with E-state index in [-0.39, 0.29) is 0 Å². The van der Waals surface area contributed by atoms with Crippen LogP contribution in [-0.2, 0) is 0 Å². The van der Waals surface area contributed by atoms with Crippen LogP contribution in [0.1, 0.15) is 33.1 Å². The molecule has 1 unspecified atom stereocenters. The molecular weight excluding hydrogens is 200 g/mol. The molecule has 1 aliphatic heterocycles. The predicted octanol–water partition coefficient (Wildman–Crippen LogP) is 2.29. The zero-order valence-corrected chi connectivity index (χ0v) is 10.1. The smallest absolute Gasteiger partial charge is 0.224 e. The van der Waals surface area contributed by atoms with E-state index in [4.69, 9.17) is 0 Å². The Morgan fingerprint density at radius 2 is 2.19 bits per heavy atom. The molecule has 0 aromatic carbocycles. The molecular formula is C12H20N4. The first-order valence-electron chi connectivity index (χ1n) is 6.14. The van der Waals surface area contributed by atoms with E-state index >= 15 is 0 Å². The van der Waals surface area contributed by atoms with Crippen LogP contribution in [0.3, 0.4) is 0 Å². The first kappa shape index (κ1) is 11.2. The number of rotatable bonds is 4. The normalized spacial score (nSPS) is 17.5. The maximum atomic E-state index is 4.55. The van der Waals surface area contributed by atoms with E-state index in [1.54, 1.807) is 0 Å². The van der Waals surface area contributed by atoms with Gasteiger partial charge in [0.25, 0.3) is 0 Å². The zero-order chi connectivity index (χ0) is 11.4. The summed E-state index contributed by atoms with van der Waals surface area (Å²) in [7, 11) is 0. The fourth-order valence-corrected chi connectivity index (χ4v) is 1.86. The van der Waals surface area contributed by atoms with Crippen molar-refractivity contribution in [3.63, 3.8) is 0 Å². The highest BCUT2D eigenvalue weighted by Gasteiger charge is 2.14. The van der Waals surface area contributed by atoms with Crippen molar-refractivity contribution in [1.29, 1.82) is 0 Å². The molecule has 16 heavy (non-hydrogen) atoms. The van der Waals surface area contributed by atoms with Gasteiger partial charge in [-0.05, 0) is 32.3 Å². The van der Waals surface area contributed by atoms with Crippen molar-refractivity contribution in [3.8, 4) is 0 Å². The molecule has 1 fully saturated rings. The van der Waals surface area contributed by atoms with Gasteiger partial charge in [0.1, 0.15) is 5.82 Å². The number of nitrogens with zero attached hydrogens (tertiary/aromatic N) is 3. The minimum atomic E-state index is 0.425. The molecule has 0 saturated carbocycles. The van der Waals surface area contributed by atoms with Crippen molar-refractivity contribution in [1.82, 2.24) is 9.97 Å². The molecule has 2 heterocycles. The molecule has 0 spiro atoms. The Hall–Kier alpha value is -1.32. The summed E-state index contributed by atoms with van der Waals surface area (Å²) in [6, 6.07) is 2.42. The first-order valence-corrected chi connectivity index (χ1v) is 6.14. The van der Waals surface area contributed by atoms with E-state index in [0.29, 0.717) is 6.04 Å².